The van der Waals surface area contributed by atoms with Crippen LogP contribution in [0.15, 0.2) is 24.3 Å². The first kappa shape index (κ1) is 17.4. The second-order valence-electron chi connectivity index (χ2n) is 3.29. The average Bonchev–Trinajstić information content (AvgIpc) is 2.30. The van der Waals surface area contributed by atoms with Gasteiger partial charge in [-0.2, -0.15) is 0 Å². The molecule has 1 aromatic rings. The minimum absolute atomic E-state index is 0. The highest BCUT2D eigenvalue weighted by atomic mass is 35.5. The Hall–Kier alpha value is -0.550. The molecule has 0 heterocycles. The molecule has 1 N–H and O–H groups in total. The van der Waals surface area contributed by atoms with E-state index in [1.165, 1.54) is 18.2 Å². The van der Waals surface area contributed by atoms with Gasteiger partial charge in [-0.25, -0.2) is 9.40 Å². The van der Waals surface area contributed by atoms with Crippen LogP contribution in [0.2, 0.25) is 0 Å². The molecule has 3 nitrogen and oxygen atoms in total. The molecule has 1 amide bonds. The van der Waals surface area contributed by atoms with Crippen LogP contribution in [0.3, 0.4) is 0 Å². The Balaban J connectivity index is 0.00000289. The number of hydrogen-bond donors (Lipinski definition) is 1. The van der Waals surface area contributed by atoms with Gasteiger partial charge in [-0.1, -0.05) is 12.1 Å². The molecule has 0 aromatic heterocycles. The molecule has 0 aliphatic rings. The minimum Gasteiger partial charge on any atom is -1.00 e. The van der Waals surface area contributed by atoms with E-state index in [1.807, 2.05) is 0 Å². The van der Waals surface area contributed by atoms with Crippen LogP contribution in [-0.2, 0) is 0 Å². The van der Waals surface area contributed by atoms with Gasteiger partial charge in [-0.15, -0.1) is 23.2 Å². The van der Waals surface area contributed by atoms with Crippen molar-refractivity contribution in [3.8, 4) is 0 Å². The summed E-state index contributed by atoms with van der Waals surface area (Å²) >= 11 is 11.2. The molecule has 0 saturated carbocycles. The summed E-state index contributed by atoms with van der Waals surface area (Å²) in [5.74, 6) is -0.344. The smallest absolute Gasteiger partial charge is 0.268 e. The van der Waals surface area contributed by atoms with Gasteiger partial charge in [-0.3, -0.25) is 10.2 Å². The number of nitrogens with one attached hydrogen (secondary N) is 1. The van der Waals surface area contributed by atoms with E-state index in [4.69, 9.17) is 23.2 Å². The van der Waals surface area contributed by atoms with Crippen molar-refractivity contribution < 1.29 is 21.6 Å². The van der Waals surface area contributed by atoms with Crippen molar-refractivity contribution in [3.63, 3.8) is 0 Å². The van der Waals surface area contributed by atoms with E-state index < -0.39 is 11.7 Å². The maximum absolute atomic E-state index is 13.3. The van der Waals surface area contributed by atoms with Crippen LogP contribution >= 0.6 is 23.2 Å². The minimum atomic E-state index is -0.554. The van der Waals surface area contributed by atoms with Crippen LogP contribution in [0, 0.1) is 5.82 Å². The molecule has 0 radical (unpaired) electrons. The topological polar surface area (TPSA) is 32.3 Å². The molecule has 1 rings (SSSR count). The van der Waals surface area contributed by atoms with Crippen molar-refractivity contribution in [1.82, 2.24) is 10.4 Å². The second-order valence-corrected chi connectivity index (χ2v) is 4.04. The van der Waals surface area contributed by atoms with Crippen molar-refractivity contribution in [3.05, 3.63) is 35.6 Å². The third kappa shape index (κ3) is 5.40. The highest BCUT2D eigenvalue weighted by Crippen LogP contribution is 2.06. The van der Waals surface area contributed by atoms with Gasteiger partial charge in [0.15, 0.2) is 0 Å². The Bertz CT molecular complexity index is 373. The fourth-order valence-corrected chi connectivity index (χ4v) is 1.68. The molecule has 0 bridgehead atoms. The van der Waals surface area contributed by atoms with E-state index in [2.05, 4.69) is 5.43 Å². The number of alkyl halides is 2. The van der Waals surface area contributed by atoms with Crippen LogP contribution in [0.1, 0.15) is 10.4 Å². The summed E-state index contributed by atoms with van der Waals surface area (Å²) in [7, 11) is 0. The van der Waals surface area contributed by atoms with Gasteiger partial charge in [0.25, 0.3) is 5.91 Å². The number of nitrogens with zero attached hydrogens (tertiary/aromatic N) is 1. The van der Waals surface area contributed by atoms with E-state index in [-0.39, 0.29) is 18.0 Å². The lowest BCUT2D eigenvalue weighted by Gasteiger charge is -2.21. The van der Waals surface area contributed by atoms with Crippen molar-refractivity contribution in [2.24, 2.45) is 0 Å². The van der Waals surface area contributed by atoms with Gasteiger partial charge in [0, 0.05) is 24.8 Å². The monoisotopic (exact) mass is 313 g/mol. The van der Waals surface area contributed by atoms with E-state index in [0.29, 0.717) is 24.8 Å². The summed E-state index contributed by atoms with van der Waals surface area (Å²) < 4.78 is 13.3. The van der Waals surface area contributed by atoms with Crippen LogP contribution < -0.4 is 17.8 Å². The van der Waals surface area contributed by atoms with Gasteiger partial charge in [0.1, 0.15) is 5.82 Å². The van der Waals surface area contributed by atoms with Gasteiger partial charge in [-0.05, 0) is 12.1 Å². The summed E-state index contributed by atoms with van der Waals surface area (Å²) in [5.41, 5.74) is 2.56. The lowest BCUT2D eigenvalue weighted by atomic mass is 10.2. The molecule has 102 valence electrons. The molecule has 0 atom stereocenters. The zero-order valence-corrected chi connectivity index (χ0v) is 11.8. The zero-order valence-electron chi connectivity index (χ0n) is 9.51. The number of halogens is 4. The van der Waals surface area contributed by atoms with Gasteiger partial charge in [0.05, 0.1) is 5.56 Å². The van der Waals surface area contributed by atoms with Crippen molar-refractivity contribution in [1.29, 1.82) is 0 Å². The maximum atomic E-state index is 13.3. The predicted molar refractivity (Wildman–Crippen MR) is 66.9 cm³/mol. The van der Waals surface area contributed by atoms with Crippen LogP contribution in [-0.4, -0.2) is 35.8 Å². The van der Waals surface area contributed by atoms with E-state index in [0.717, 1.165) is 0 Å². The molecule has 0 spiro atoms. The Morgan fingerprint density at radius 2 is 1.78 bits per heavy atom. The van der Waals surface area contributed by atoms with Crippen molar-refractivity contribution in [2.45, 2.75) is 0 Å². The van der Waals surface area contributed by atoms with Crippen molar-refractivity contribution >= 4 is 29.1 Å². The number of amides is 1. The van der Waals surface area contributed by atoms with Crippen LogP contribution in [0.25, 0.3) is 0 Å². The highest BCUT2D eigenvalue weighted by Gasteiger charge is 2.13. The molecule has 1 aromatic carbocycles. The quantitative estimate of drug-likeness (QED) is 0.554. The Morgan fingerprint density at radius 3 is 2.28 bits per heavy atom. The molecule has 0 aliphatic heterocycles. The Labute approximate surface area is 122 Å². The molecular weight excluding hydrogens is 301 g/mol. The number of rotatable bonds is 6. The second kappa shape index (κ2) is 9.39. The van der Waals surface area contributed by atoms with Gasteiger partial charge >= 0.3 is 0 Å². The van der Waals surface area contributed by atoms with Crippen LogP contribution in [0.4, 0.5) is 4.39 Å². The van der Waals surface area contributed by atoms with Crippen LogP contribution in [0.5, 0.6) is 0 Å². The molecule has 0 saturated heterocycles. The fraction of sp³-hybridized carbons (Fsp3) is 0.364. The lowest BCUT2D eigenvalue weighted by molar-refractivity contribution is -0.0000138. The highest BCUT2D eigenvalue weighted by molar-refractivity contribution is 6.18. The predicted octanol–water partition coefficient (Wildman–Crippen LogP) is -0.746. The fourth-order valence-electron chi connectivity index (χ4n) is 1.28. The van der Waals surface area contributed by atoms with Gasteiger partial charge < -0.3 is 12.4 Å². The average molecular weight is 315 g/mol. The maximum Gasteiger partial charge on any atom is 0.268 e. The standard InChI is InChI=1S/C11H13Cl2FN2O.ClH/c12-5-7-16(8-6-13)15-11(17)9-3-1-2-4-10(9)14;/h1-4H,5-8H2,(H,15,17);1H/p-1. The number of benzene rings is 1. The molecule has 18 heavy (non-hydrogen) atoms. The molecular formula is C11H13Cl3FN2O-. The first-order valence-corrected chi connectivity index (χ1v) is 6.18. The molecule has 0 unspecified atom stereocenters. The Morgan fingerprint density at radius 1 is 1.22 bits per heavy atom. The van der Waals surface area contributed by atoms with Gasteiger partial charge in [0.2, 0.25) is 0 Å². The number of carbonyl (C=O) groups excluding carboxylic acids is 1. The Kier molecular flexibility index (Phi) is 9.10. The van der Waals surface area contributed by atoms with E-state index in [1.54, 1.807) is 11.1 Å². The third-order valence-corrected chi connectivity index (χ3v) is 2.43. The number of hydrazine groups is 1. The third-order valence-electron chi connectivity index (χ3n) is 2.09. The van der Waals surface area contributed by atoms with Crippen molar-refractivity contribution in [2.75, 3.05) is 24.8 Å². The van der Waals surface area contributed by atoms with E-state index in [9.17, 15) is 9.18 Å². The summed E-state index contributed by atoms with van der Waals surface area (Å²) in [6, 6.07) is 5.79. The summed E-state index contributed by atoms with van der Waals surface area (Å²) in [4.78, 5) is 11.7. The summed E-state index contributed by atoms with van der Waals surface area (Å²) in [6.07, 6.45) is 0. The molecule has 7 heteroatoms. The lowest BCUT2D eigenvalue weighted by Crippen LogP contribution is -3.00. The normalized spacial score (nSPS) is 10.0. The summed E-state index contributed by atoms with van der Waals surface area (Å²) in [5, 5.41) is 1.56. The van der Waals surface area contributed by atoms with E-state index >= 15 is 0 Å². The molecule has 0 aliphatic carbocycles. The first-order valence-electron chi connectivity index (χ1n) is 5.11. The first-order chi connectivity index (χ1) is 8.19. The number of carbonyl (C=O) groups is 1. The number of hydrogen-bond acceptors (Lipinski definition) is 2. The molecule has 0 fully saturated rings. The largest absolute Gasteiger partial charge is 1.00 e. The SMILES string of the molecule is O=C(NN(CCCl)CCCl)c1ccccc1F.[Cl-]. The summed E-state index contributed by atoms with van der Waals surface area (Å²) in [6.45, 7) is 0.906. The zero-order chi connectivity index (χ0) is 12.7.